The fourth-order valence-electron chi connectivity index (χ4n) is 3.20. The molecule has 0 bridgehead atoms. The number of furan rings is 1. The van der Waals surface area contributed by atoms with Crippen molar-refractivity contribution in [2.75, 3.05) is 19.8 Å². The van der Waals surface area contributed by atoms with Crippen molar-refractivity contribution in [3.63, 3.8) is 0 Å². The second-order valence-electron chi connectivity index (χ2n) is 6.24. The van der Waals surface area contributed by atoms with Crippen LogP contribution in [0.15, 0.2) is 16.5 Å². The molecule has 5 nitrogen and oxygen atoms in total. The Morgan fingerprint density at radius 1 is 1.43 bits per heavy atom. The first-order chi connectivity index (χ1) is 10.1. The van der Waals surface area contributed by atoms with Crippen molar-refractivity contribution in [3.05, 3.63) is 23.7 Å². The van der Waals surface area contributed by atoms with Gasteiger partial charge in [-0.2, -0.15) is 0 Å². The van der Waals surface area contributed by atoms with Crippen molar-refractivity contribution < 1.29 is 19.1 Å². The van der Waals surface area contributed by atoms with E-state index in [1.807, 2.05) is 13.0 Å². The molecule has 4 unspecified atom stereocenters. The monoisotopic (exact) mass is 293 g/mol. The quantitative estimate of drug-likeness (QED) is 0.872. The van der Waals surface area contributed by atoms with Gasteiger partial charge < -0.3 is 14.3 Å². The fraction of sp³-hybridized carbons (Fsp3) is 0.688. The first kappa shape index (κ1) is 14.6. The Hall–Kier alpha value is -1.33. The average Bonchev–Trinajstić information content (AvgIpc) is 2.90. The molecule has 0 radical (unpaired) electrons. The highest BCUT2D eigenvalue weighted by atomic mass is 16.5. The molecule has 21 heavy (non-hydrogen) atoms. The SMILES string of the molecule is CCN(Cc1ccc(C2CC2C)o1)C1COCC1C(=O)O. The van der Waals surface area contributed by atoms with Gasteiger partial charge in [0, 0.05) is 12.0 Å². The smallest absolute Gasteiger partial charge is 0.310 e. The van der Waals surface area contributed by atoms with Gasteiger partial charge in [0.15, 0.2) is 0 Å². The summed E-state index contributed by atoms with van der Waals surface area (Å²) < 4.78 is 11.3. The van der Waals surface area contributed by atoms with Crippen molar-refractivity contribution in [1.29, 1.82) is 0 Å². The van der Waals surface area contributed by atoms with Crippen LogP contribution in [0, 0.1) is 11.8 Å². The zero-order valence-electron chi connectivity index (χ0n) is 12.6. The normalized spacial score (nSPS) is 31.8. The Morgan fingerprint density at radius 2 is 2.19 bits per heavy atom. The van der Waals surface area contributed by atoms with E-state index in [9.17, 15) is 9.90 Å². The number of ether oxygens (including phenoxy) is 1. The van der Waals surface area contributed by atoms with Crippen LogP contribution in [-0.2, 0) is 16.1 Å². The first-order valence-electron chi connectivity index (χ1n) is 7.73. The summed E-state index contributed by atoms with van der Waals surface area (Å²) in [4.78, 5) is 13.4. The topological polar surface area (TPSA) is 62.9 Å². The lowest BCUT2D eigenvalue weighted by atomic mass is 10.0. The molecule has 1 aromatic rings. The van der Waals surface area contributed by atoms with Crippen LogP contribution in [0.1, 0.15) is 37.7 Å². The molecule has 4 atom stereocenters. The molecular formula is C16H23NO4. The molecule has 116 valence electrons. The van der Waals surface area contributed by atoms with Gasteiger partial charge in [0.05, 0.1) is 25.7 Å². The van der Waals surface area contributed by atoms with Crippen LogP contribution in [0.3, 0.4) is 0 Å². The molecule has 1 saturated carbocycles. The molecule has 2 aliphatic rings. The third kappa shape index (κ3) is 2.99. The number of hydrogen-bond acceptors (Lipinski definition) is 4. The van der Waals surface area contributed by atoms with Gasteiger partial charge in [0.25, 0.3) is 0 Å². The van der Waals surface area contributed by atoms with E-state index in [4.69, 9.17) is 9.15 Å². The number of hydrogen-bond donors (Lipinski definition) is 1. The van der Waals surface area contributed by atoms with Gasteiger partial charge in [-0.05, 0) is 31.0 Å². The fourth-order valence-corrected chi connectivity index (χ4v) is 3.20. The molecule has 1 aliphatic heterocycles. The summed E-state index contributed by atoms with van der Waals surface area (Å²) in [7, 11) is 0. The summed E-state index contributed by atoms with van der Waals surface area (Å²) in [6.45, 7) is 6.50. The minimum atomic E-state index is -0.775. The molecule has 1 saturated heterocycles. The molecule has 2 fully saturated rings. The van der Waals surface area contributed by atoms with Crippen molar-refractivity contribution in [1.82, 2.24) is 4.90 Å². The maximum atomic E-state index is 11.3. The number of carboxylic acid groups (broad SMARTS) is 1. The Kier molecular flexibility index (Phi) is 4.04. The van der Waals surface area contributed by atoms with E-state index in [1.54, 1.807) is 0 Å². The Balaban J connectivity index is 1.66. The number of nitrogens with zero attached hydrogens (tertiary/aromatic N) is 1. The summed E-state index contributed by atoms with van der Waals surface area (Å²) in [6.07, 6.45) is 1.21. The van der Waals surface area contributed by atoms with Crippen molar-refractivity contribution >= 4 is 5.97 Å². The average molecular weight is 293 g/mol. The first-order valence-corrected chi connectivity index (χ1v) is 7.73. The third-order valence-corrected chi connectivity index (χ3v) is 4.76. The second-order valence-corrected chi connectivity index (χ2v) is 6.24. The van der Waals surface area contributed by atoms with E-state index >= 15 is 0 Å². The molecule has 1 aliphatic carbocycles. The molecule has 2 heterocycles. The molecule has 5 heteroatoms. The number of carboxylic acids is 1. The van der Waals surface area contributed by atoms with Gasteiger partial charge in [-0.25, -0.2) is 0 Å². The summed E-state index contributed by atoms with van der Waals surface area (Å²) in [5.74, 6) is 2.08. The van der Waals surface area contributed by atoms with Crippen LogP contribution in [-0.4, -0.2) is 41.8 Å². The zero-order valence-corrected chi connectivity index (χ0v) is 12.6. The van der Waals surface area contributed by atoms with Crippen LogP contribution in [0.5, 0.6) is 0 Å². The van der Waals surface area contributed by atoms with Gasteiger partial charge in [-0.3, -0.25) is 9.69 Å². The van der Waals surface area contributed by atoms with Gasteiger partial charge in [0.2, 0.25) is 0 Å². The maximum absolute atomic E-state index is 11.3. The highest BCUT2D eigenvalue weighted by Crippen LogP contribution is 2.47. The van der Waals surface area contributed by atoms with Gasteiger partial charge in [-0.15, -0.1) is 0 Å². The van der Waals surface area contributed by atoms with Crippen molar-refractivity contribution in [3.8, 4) is 0 Å². The number of carbonyl (C=O) groups is 1. The van der Waals surface area contributed by atoms with Crippen LogP contribution >= 0.6 is 0 Å². The number of aliphatic carboxylic acids is 1. The summed E-state index contributed by atoms with van der Waals surface area (Å²) in [6, 6.07) is 4.02. The van der Waals surface area contributed by atoms with E-state index in [1.165, 1.54) is 6.42 Å². The number of rotatable bonds is 6. The lowest BCUT2D eigenvalue weighted by Crippen LogP contribution is -2.42. The summed E-state index contributed by atoms with van der Waals surface area (Å²) >= 11 is 0. The molecule has 0 spiro atoms. The van der Waals surface area contributed by atoms with E-state index in [2.05, 4.69) is 17.9 Å². The van der Waals surface area contributed by atoms with Gasteiger partial charge in [-0.1, -0.05) is 13.8 Å². The third-order valence-electron chi connectivity index (χ3n) is 4.76. The largest absolute Gasteiger partial charge is 0.481 e. The second kappa shape index (κ2) is 5.81. The summed E-state index contributed by atoms with van der Waals surface area (Å²) in [5, 5.41) is 9.28. The molecule has 1 aromatic heterocycles. The van der Waals surface area contributed by atoms with Crippen molar-refractivity contribution in [2.24, 2.45) is 11.8 Å². The van der Waals surface area contributed by atoms with Crippen molar-refractivity contribution in [2.45, 2.75) is 38.8 Å². The van der Waals surface area contributed by atoms with Crippen LogP contribution < -0.4 is 0 Å². The highest BCUT2D eigenvalue weighted by Gasteiger charge is 2.39. The highest BCUT2D eigenvalue weighted by molar-refractivity contribution is 5.71. The van der Waals surface area contributed by atoms with E-state index in [0.717, 1.165) is 24.0 Å². The maximum Gasteiger partial charge on any atom is 0.310 e. The zero-order chi connectivity index (χ0) is 15.0. The molecule has 1 N–H and O–H groups in total. The minimum Gasteiger partial charge on any atom is -0.481 e. The standard InChI is InChI=1S/C16H23NO4/c1-3-17(14-9-20-8-13(14)16(18)19)7-11-4-5-15(21-11)12-6-10(12)2/h4-5,10,12-14H,3,6-9H2,1-2H3,(H,18,19). The van der Waals surface area contributed by atoms with Crippen LogP contribution in [0.4, 0.5) is 0 Å². The van der Waals surface area contributed by atoms with Crippen LogP contribution in [0.25, 0.3) is 0 Å². The lowest BCUT2D eigenvalue weighted by molar-refractivity contribution is -0.143. The minimum absolute atomic E-state index is 0.0686. The van der Waals surface area contributed by atoms with Gasteiger partial charge >= 0.3 is 5.97 Å². The Bertz CT molecular complexity index is 512. The molecule has 0 aromatic carbocycles. The molecule has 3 rings (SSSR count). The predicted molar refractivity (Wildman–Crippen MR) is 77.0 cm³/mol. The predicted octanol–water partition coefficient (Wildman–Crippen LogP) is 2.32. The Labute approximate surface area is 124 Å². The number of likely N-dealkylation sites (N-methyl/N-ethyl adjacent to an activating group) is 1. The van der Waals surface area contributed by atoms with Gasteiger partial charge in [0.1, 0.15) is 11.5 Å². The van der Waals surface area contributed by atoms with Crippen LogP contribution in [0.2, 0.25) is 0 Å². The molecule has 0 amide bonds. The summed E-state index contributed by atoms with van der Waals surface area (Å²) in [5.41, 5.74) is 0. The van der Waals surface area contributed by atoms with E-state index < -0.39 is 11.9 Å². The molecular weight excluding hydrogens is 270 g/mol. The van der Waals surface area contributed by atoms with E-state index in [-0.39, 0.29) is 6.04 Å². The lowest BCUT2D eigenvalue weighted by Gasteiger charge is -2.28. The van der Waals surface area contributed by atoms with E-state index in [0.29, 0.717) is 25.7 Å². The Morgan fingerprint density at radius 3 is 2.81 bits per heavy atom.